The number of likely N-dealkylation sites (N-methyl/N-ethyl adjacent to an activating group) is 1. The Morgan fingerprint density at radius 1 is 1.17 bits per heavy atom. The SMILES string of the molecule is CC1CCCCC1NC(=NCC(=O)N(C)C)NCC1CCN(c2ccncc2)CC1. The number of hydrogen-bond donors (Lipinski definition) is 2. The van der Waals surface area contributed by atoms with Gasteiger partial charge in [0.15, 0.2) is 5.96 Å². The predicted molar refractivity (Wildman–Crippen MR) is 123 cm³/mol. The van der Waals surface area contributed by atoms with Crippen LogP contribution in [0.4, 0.5) is 5.69 Å². The maximum Gasteiger partial charge on any atom is 0.243 e. The highest BCUT2D eigenvalue weighted by atomic mass is 16.2. The fourth-order valence-corrected chi connectivity index (χ4v) is 4.34. The normalized spacial score (nSPS) is 23.2. The van der Waals surface area contributed by atoms with Gasteiger partial charge < -0.3 is 20.4 Å². The molecule has 2 fully saturated rings. The molecule has 7 heteroatoms. The van der Waals surface area contributed by atoms with E-state index in [-0.39, 0.29) is 12.5 Å². The molecule has 1 saturated heterocycles. The molecule has 1 aliphatic carbocycles. The van der Waals surface area contributed by atoms with Gasteiger partial charge in [-0.2, -0.15) is 0 Å². The van der Waals surface area contributed by atoms with Gasteiger partial charge in [-0.1, -0.05) is 19.8 Å². The number of rotatable bonds is 6. The molecule has 2 atom stereocenters. The van der Waals surface area contributed by atoms with Crippen LogP contribution in [-0.2, 0) is 4.79 Å². The van der Waals surface area contributed by atoms with Crippen LogP contribution in [-0.4, -0.2) is 68.1 Å². The average Bonchev–Trinajstić information content (AvgIpc) is 2.77. The Hall–Kier alpha value is -2.31. The van der Waals surface area contributed by atoms with Gasteiger partial charge in [0.25, 0.3) is 0 Å². The number of aromatic nitrogens is 1. The largest absolute Gasteiger partial charge is 0.371 e. The molecule has 1 aromatic heterocycles. The third-order valence-electron chi connectivity index (χ3n) is 6.51. The molecule has 2 N–H and O–H groups in total. The van der Waals surface area contributed by atoms with Gasteiger partial charge in [-0.25, -0.2) is 4.99 Å². The second kappa shape index (κ2) is 11.2. The van der Waals surface area contributed by atoms with Crippen molar-refractivity contribution >= 4 is 17.6 Å². The molecule has 0 spiro atoms. The van der Waals surface area contributed by atoms with Crippen LogP contribution in [0.2, 0.25) is 0 Å². The van der Waals surface area contributed by atoms with E-state index in [2.05, 4.69) is 44.6 Å². The average molecular weight is 415 g/mol. The van der Waals surface area contributed by atoms with E-state index in [1.54, 1.807) is 19.0 Å². The molecular formula is C23H38N6O. The monoisotopic (exact) mass is 414 g/mol. The number of hydrogen-bond acceptors (Lipinski definition) is 4. The van der Waals surface area contributed by atoms with Crippen LogP contribution in [0.3, 0.4) is 0 Å². The van der Waals surface area contributed by atoms with Crippen LogP contribution in [0.25, 0.3) is 0 Å². The summed E-state index contributed by atoms with van der Waals surface area (Å²) in [5.74, 6) is 2.07. The summed E-state index contributed by atoms with van der Waals surface area (Å²) in [6.07, 6.45) is 11.0. The lowest BCUT2D eigenvalue weighted by atomic mass is 9.86. The number of anilines is 1. The molecule has 1 aromatic rings. The Balaban J connectivity index is 1.52. The van der Waals surface area contributed by atoms with Crippen LogP contribution in [0.15, 0.2) is 29.5 Å². The Morgan fingerprint density at radius 3 is 2.53 bits per heavy atom. The van der Waals surface area contributed by atoms with E-state index in [9.17, 15) is 4.79 Å². The Morgan fingerprint density at radius 2 is 1.87 bits per heavy atom. The molecule has 3 rings (SSSR count). The first-order valence-corrected chi connectivity index (χ1v) is 11.4. The minimum Gasteiger partial charge on any atom is -0.371 e. The highest BCUT2D eigenvalue weighted by Crippen LogP contribution is 2.24. The molecule has 0 aromatic carbocycles. The van der Waals surface area contributed by atoms with Crippen LogP contribution in [0.1, 0.15) is 45.4 Å². The third kappa shape index (κ3) is 6.61. The predicted octanol–water partition coefficient (Wildman–Crippen LogP) is 2.50. The van der Waals surface area contributed by atoms with E-state index in [0.29, 0.717) is 17.9 Å². The molecule has 0 radical (unpaired) electrons. The summed E-state index contributed by atoms with van der Waals surface area (Å²) >= 11 is 0. The topological polar surface area (TPSA) is 72.9 Å². The highest BCUT2D eigenvalue weighted by molar-refractivity contribution is 5.85. The summed E-state index contributed by atoms with van der Waals surface area (Å²) in [4.78, 5) is 24.8. The molecule has 0 bridgehead atoms. The van der Waals surface area contributed by atoms with Crippen molar-refractivity contribution in [2.45, 2.75) is 51.5 Å². The quantitative estimate of drug-likeness (QED) is 0.553. The summed E-state index contributed by atoms with van der Waals surface area (Å²) in [6, 6.07) is 4.61. The van der Waals surface area contributed by atoms with E-state index in [4.69, 9.17) is 0 Å². The van der Waals surface area contributed by atoms with Gasteiger partial charge in [0.2, 0.25) is 5.91 Å². The molecule has 166 valence electrons. The van der Waals surface area contributed by atoms with E-state index in [1.165, 1.54) is 31.4 Å². The summed E-state index contributed by atoms with van der Waals surface area (Å²) < 4.78 is 0. The number of guanidine groups is 1. The van der Waals surface area contributed by atoms with Crippen molar-refractivity contribution in [1.82, 2.24) is 20.5 Å². The second-order valence-corrected chi connectivity index (χ2v) is 8.98. The maximum absolute atomic E-state index is 12.0. The maximum atomic E-state index is 12.0. The smallest absolute Gasteiger partial charge is 0.243 e. The van der Waals surface area contributed by atoms with Gasteiger partial charge in [0.1, 0.15) is 6.54 Å². The molecule has 1 aliphatic heterocycles. The third-order valence-corrected chi connectivity index (χ3v) is 6.51. The van der Waals surface area contributed by atoms with Gasteiger partial charge >= 0.3 is 0 Å². The molecule has 7 nitrogen and oxygen atoms in total. The first kappa shape index (κ1) is 22.4. The number of pyridine rings is 1. The Bertz CT molecular complexity index is 684. The zero-order valence-corrected chi connectivity index (χ0v) is 18.8. The van der Waals surface area contributed by atoms with Gasteiger partial charge in [-0.3, -0.25) is 9.78 Å². The van der Waals surface area contributed by atoms with Crippen molar-refractivity contribution in [2.24, 2.45) is 16.8 Å². The lowest BCUT2D eigenvalue weighted by molar-refractivity contribution is -0.127. The van der Waals surface area contributed by atoms with E-state index in [1.807, 2.05) is 12.4 Å². The first-order valence-electron chi connectivity index (χ1n) is 11.4. The van der Waals surface area contributed by atoms with Gasteiger partial charge in [-0.15, -0.1) is 0 Å². The second-order valence-electron chi connectivity index (χ2n) is 8.98. The highest BCUT2D eigenvalue weighted by Gasteiger charge is 2.24. The van der Waals surface area contributed by atoms with Crippen LogP contribution < -0.4 is 15.5 Å². The molecule has 30 heavy (non-hydrogen) atoms. The summed E-state index contributed by atoms with van der Waals surface area (Å²) in [7, 11) is 3.55. The fraction of sp³-hybridized carbons (Fsp3) is 0.696. The minimum absolute atomic E-state index is 0.0263. The van der Waals surface area contributed by atoms with Crippen molar-refractivity contribution in [1.29, 1.82) is 0 Å². The van der Waals surface area contributed by atoms with E-state index >= 15 is 0 Å². The van der Waals surface area contributed by atoms with E-state index in [0.717, 1.165) is 38.4 Å². The zero-order valence-electron chi connectivity index (χ0n) is 18.8. The number of carbonyl (C=O) groups excluding carboxylic acids is 1. The number of aliphatic imine (C=N–C) groups is 1. The number of nitrogens with zero attached hydrogens (tertiary/aromatic N) is 4. The number of carbonyl (C=O) groups is 1. The molecule has 1 amide bonds. The van der Waals surface area contributed by atoms with Crippen molar-refractivity contribution < 1.29 is 4.79 Å². The van der Waals surface area contributed by atoms with Gasteiger partial charge in [-0.05, 0) is 49.7 Å². The Labute approximate surface area is 181 Å². The zero-order chi connectivity index (χ0) is 21.3. The van der Waals surface area contributed by atoms with Crippen LogP contribution in [0.5, 0.6) is 0 Å². The van der Waals surface area contributed by atoms with Gasteiger partial charge in [0, 0.05) is 57.9 Å². The lowest BCUT2D eigenvalue weighted by Crippen LogP contribution is -2.49. The Kier molecular flexibility index (Phi) is 8.34. The van der Waals surface area contributed by atoms with E-state index < -0.39 is 0 Å². The number of amides is 1. The first-order chi connectivity index (χ1) is 14.5. The number of nitrogens with one attached hydrogen (secondary N) is 2. The molecular weight excluding hydrogens is 376 g/mol. The number of piperidine rings is 1. The van der Waals surface area contributed by atoms with Crippen molar-refractivity contribution in [3.63, 3.8) is 0 Å². The summed E-state index contributed by atoms with van der Waals surface area (Å²) in [5, 5.41) is 7.17. The lowest BCUT2D eigenvalue weighted by Gasteiger charge is -2.34. The molecule has 2 unspecified atom stereocenters. The minimum atomic E-state index is 0.0263. The van der Waals surface area contributed by atoms with Crippen molar-refractivity contribution in [2.75, 3.05) is 45.2 Å². The van der Waals surface area contributed by atoms with Crippen LogP contribution >= 0.6 is 0 Å². The molecule has 2 aliphatic rings. The van der Waals surface area contributed by atoms with Crippen molar-refractivity contribution in [3.8, 4) is 0 Å². The van der Waals surface area contributed by atoms with Gasteiger partial charge in [0.05, 0.1) is 0 Å². The molecule has 2 heterocycles. The molecule has 1 saturated carbocycles. The fourth-order valence-electron chi connectivity index (χ4n) is 4.34. The standard InChI is InChI=1S/C23H38N6O/c1-18-6-4-5-7-21(18)27-23(26-17-22(30)28(2)3)25-16-19-10-14-29(15-11-19)20-8-12-24-13-9-20/h8-9,12-13,18-19,21H,4-7,10-11,14-17H2,1-3H3,(H2,25,26,27). The summed E-state index contributed by atoms with van der Waals surface area (Å²) in [6.45, 7) is 5.52. The van der Waals surface area contributed by atoms with Crippen LogP contribution in [0, 0.1) is 11.8 Å². The summed E-state index contributed by atoms with van der Waals surface area (Å²) in [5.41, 5.74) is 1.26. The van der Waals surface area contributed by atoms with Crippen molar-refractivity contribution in [3.05, 3.63) is 24.5 Å².